The van der Waals surface area contributed by atoms with Gasteiger partial charge in [0.15, 0.2) is 0 Å². The number of halogens is 4. The van der Waals surface area contributed by atoms with Crippen LogP contribution in [0.1, 0.15) is 27.6 Å². The molecule has 0 amide bonds. The van der Waals surface area contributed by atoms with Crippen molar-refractivity contribution >= 4 is 39.1 Å². The Balaban J connectivity index is 2.33. The molecule has 0 aliphatic rings. The van der Waals surface area contributed by atoms with Crippen LogP contribution in [0.3, 0.4) is 0 Å². The van der Waals surface area contributed by atoms with Gasteiger partial charge in [0.1, 0.15) is 5.82 Å². The van der Waals surface area contributed by atoms with Gasteiger partial charge in [-0.25, -0.2) is 4.39 Å². The summed E-state index contributed by atoms with van der Waals surface area (Å²) in [5, 5.41) is 0.110. The van der Waals surface area contributed by atoms with Crippen LogP contribution in [0.2, 0.25) is 5.02 Å². The molecule has 2 aromatic carbocycles. The van der Waals surface area contributed by atoms with Gasteiger partial charge in [0.25, 0.3) is 0 Å². The van der Waals surface area contributed by atoms with Crippen LogP contribution in [0.25, 0.3) is 0 Å². The van der Waals surface area contributed by atoms with Crippen molar-refractivity contribution in [3.05, 3.63) is 67.9 Å². The van der Waals surface area contributed by atoms with Crippen LogP contribution in [0.15, 0.2) is 34.8 Å². The minimum atomic E-state index is -0.311. The lowest BCUT2D eigenvalue weighted by molar-refractivity contribution is 0.607. The number of aryl methyl sites for hydroxylation is 2. The van der Waals surface area contributed by atoms with E-state index in [9.17, 15) is 4.39 Å². The summed E-state index contributed by atoms with van der Waals surface area (Å²) >= 11 is 16.0. The molecular formula is C16H14BrCl2F. The maximum atomic E-state index is 13.8. The van der Waals surface area contributed by atoms with E-state index in [4.69, 9.17) is 23.2 Å². The minimum Gasteiger partial charge on any atom is -0.207 e. The largest absolute Gasteiger partial charge is 0.207 e. The summed E-state index contributed by atoms with van der Waals surface area (Å²) < 4.78 is 14.9. The fourth-order valence-electron chi connectivity index (χ4n) is 2.16. The molecule has 1 unspecified atom stereocenters. The molecule has 0 aromatic heterocycles. The van der Waals surface area contributed by atoms with Crippen LogP contribution in [0, 0.1) is 19.7 Å². The second kappa shape index (κ2) is 6.46. The Morgan fingerprint density at radius 1 is 1.20 bits per heavy atom. The van der Waals surface area contributed by atoms with Crippen molar-refractivity contribution in [3.8, 4) is 0 Å². The number of rotatable bonds is 3. The van der Waals surface area contributed by atoms with Gasteiger partial charge in [-0.05, 0) is 55.2 Å². The number of hydrogen-bond donors (Lipinski definition) is 0. The number of hydrogen-bond acceptors (Lipinski definition) is 0. The molecule has 0 spiro atoms. The molecule has 106 valence electrons. The van der Waals surface area contributed by atoms with Crippen molar-refractivity contribution in [3.63, 3.8) is 0 Å². The molecule has 2 rings (SSSR count). The van der Waals surface area contributed by atoms with Crippen LogP contribution < -0.4 is 0 Å². The lowest BCUT2D eigenvalue weighted by Gasteiger charge is -2.16. The number of benzene rings is 2. The van der Waals surface area contributed by atoms with Gasteiger partial charge < -0.3 is 0 Å². The smallest absolute Gasteiger partial charge is 0.127 e. The molecule has 0 aliphatic heterocycles. The summed E-state index contributed by atoms with van der Waals surface area (Å²) in [5.74, 6) is -0.311. The van der Waals surface area contributed by atoms with Gasteiger partial charge in [-0.2, -0.15) is 0 Å². The Labute approximate surface area is 137 Å². The third-order valence-corrected chi connectivity index (χ3v) is 4.93. The SMILES string of the molecule is Cc1cc(C(Cl)Cc2c(F)cccc2Cl)c(C)cc1Br. The zero-order chi connectivity index (χ0) is 14.9. The Bertz CT molecular complexity index is 620. The third kappa shape index (κ3) is 3.36. The average Bonchev–Trinajstić information content (AvgIpc) is 2.38. The summed E-state index contributed by atoms with van der Waals surface area (Å²) in [6, 6.07) is 8.75. The quantitative estimate of drug-likeness (QED) is 0.546. The Kier molecular flexibility index (Phi) is 5.11. The highest BCUT2D eigenvalue weighted by molar-refractivity contribution is 9.10. The van der Waals surface area contributed by atoms with Gasteiger partial charge in [-0.15, -0.1) is 11.6 Å². The van der Waals surface area contributed by atoms with Crippen molar-refractivity contribution in [2.24, 2.45) is 0 Å². The summed E-state index contributed by atoms with van der Waals surface area (Å²) in [5.41, 5.74) is 3.66. The molecule has 0 saturated carbocycles. The maximum absolute atomic E-state index is 13.8. The van der Waals surface area contributed by atoms with Crippen molar-refractivity contribution in [1.82, 2.24) is 0 Å². The van der Waals surface area contributed by atoms with Crippen LogP contribution >= 0.6 is 39.1 Å². The van der Waals surface area contributed by atoms with Crippen molar-refractivity contribution < 1.29 is 4.39 Å². The van der Waals surface area contributed by atoms with Crippen LogP contribution in [-0.2, 0) is 6.42 Å². The highest BCUT2D eigenvalue weighted by Crippen LogP contribution is 2.33. The summed E-state index contributed by atoms with van der Waals surface area (Å²) in [6.45, 7) is 4.00. The van der Waals surface area contributed by atoms with Gasteiger partial charge in [-0.3, -0.25) is 0 Å². The van der Waals surface area contributed by atoms with Gasteiger partial charge in [0.05, 0.1) is 5.38 Å². The van der Waals surface area contributed by atoms with E-state index in [2.05, 4.69) is 15.9 Å². The monoisotopic (exact) mass is 374 g/mol. The molecular weight excluding hydrogens is 362 g/mol. The van der Waals surface area contributed by atoms with Gasteiger partial charge in [0.2, 0.25) is 0 Å². The van der Waals surface area contributed by atoms with E-state index in [1.54, 1.807) is 12.1 Å². The van der Waals surface area contributed by atoms with Crippen LogP contribution in [0.4, 0.5) is 4.39 Å². The van der Waals surface area contributed by atoms with Crippen LogP contribution in [0.5, 0.6) is 0 Å². The van der Waals surface area contributed by atoms with E-state index in [1.165, 1.54) is 6.07 Å². The van der Waals surface area contributed by atoms with E-state index >= 15 is 0 Å². The zero-order valence-electron chi connectivity index (χ0n) is 11.2. The summed E-state index contributed by atoms with van der Waals surface area (Å²) in [4.78, 5) is 0. The van der Waals surface area contributed by atoms with E-state index in [-0.39, 0.29) is 11.2 Å². The normalized spacial score (nSPS) is 12.5. The Morgan fingerprint density at radius 2 is 1.90 bits per heavy atom. The van der Waals surface area contributed by atoms with E-state index < -0.39 is 0 Å². The molecule has 0 saturated heterocycles. The highest BCUT2D eigenvalue weighted by atomic mass is 79.9. The molecule has 1 atom stereocenters. The Hall–Kier alpha value is -0.570. The standard InChI is InChI=1S/C16H14BrCl2F/c1-9-7-13(17)10(2)6-11(9)15(19)8-12-14(18)4-3-5-16(12)20/h3-7,15H,8H2,1-2H3. The number of alkyl halides is 1. The van der Waals surface area contributed by atoms with E-state index in [0.717, 1.165) is 21.2 Å². The van der Waals surface area contributed by atoms with E-state index in [1.807, 2.05) is 26.0 Å². The zero-order valence-corrected chi connectivity index (χ0v) is 14.3. The predicted octanol–water partition coefficient (Wildman–Crippen LogP) is 6.38. The predicted molar refractivity (Wildman–Crippen MR) is 87.3 cm³/mol. The van der Waals surface area contributed by atoms with Crippen LogP contribution in [-0.4, -0.2) is 0 Å². The molecule has 0 bridgehead atoms. The van der Waals surface area contributed by atoms with Crippen molar-refractivity contribution in [1.29, 1.82) is 0 Å². The first-order valence-corrected chi connectivity index (χ1v) is 7.84. The first kappa shape index (κ1) is 15.8. The molecule has 0 fully saturated rings. The van der Waals surface area contributed by atoms with E-state index in [0.29, 0.717) is 17.0 Å². The van der Waals surface area contributed by atoms with Crippen molar-refractivity contribution in [2.45, 2.75) is 25.6 Å². The first-order chi connectivity index (χ1) is 9.40. The summed E-state index contributed by atoms with van der Waals surface area (Å²) in [7, 11) is 0. The fourth-order valence-corrected chi connectivity index (χ4v) is 3.24. The first-order valence-electron chi connectivity index (χ1n) is 6.23. The second-order valence-corrected chi connectivity index (χ2v) is 6.62. The lowest BCUT2D eigenvalue weighted by Crippen LogP contribution is -2.02. The van der Waals surface area contributed by atoms with Gasteiger partial charge in [0, 0.05) is 15.1 Å². The van der Waals surface area contributed by atoms with Gasteiger partial charge in [-0.1, -0.05) is 39.7 Å². The highest BCUT2D eigenvalue weighted by Gasteiger charge is 2.17. The van der Waals surface area contributed by atoms with Gasteiger partial charge >= 0.3 is 0 Å². The average molecular weight is 376 g/mol. The molecule has 0 radical (unpaired) electrons. The lowest BCUT2D eigenvalue weighted by atomic mass is 9.98. The fraction of sp³-hybridized carbons (Fsp3) is 0.250. The molecule has 0 nitrogen and oxygen atoms in total. The maximum Gasteiger partial charge on any atom is 0.127 e. The van der Waals surface area contributed by atoms with Crippen molar-refractivity contribution in [2.75, 3.05) is 0 Å². The minimum absolute atomic E-state index is 0.309. The Morgan fingerprint density at radius 3 is 2.55 bits per heavy atom. The molecule has 20 heavy (non-hydrogen) atoms. The second-order valence-electron chi connectivity index (χ2n) is 4.83. The molecule has 4 heteroatoms. The molecule has 2 aromatic rings. The molecule has 0 heterocycles. The summed E-state index contributed by atoms with van der Waals surface area (Å²) in [6.07, 6.45) is 0.370. The molecule has 0 N–H and O–H groups in total. The topological polar surface area (TPSA) is 0 Å². The third-order valence-electron chi connectivity index (χ3n) is 3.33. The molecule has 0 aliphatic carbocycles.